The SMILES string of the molecule is COc1ccc(CNCC2CCOCC2)cn1. The predicted molar refractivity (Wildman–Crippen MR) is 66.0 cm³/mol. The molecule has 0 atom stereocenters. The lowest BCUT2D eigenvalue weighted by Crippen LogP contribution is -2.27. The largest absolute Gasteiger partial charge is 0.481 e. The van der Waals surface area contributed by atoms with E-state index in [1.54, 1.807) is 7.11 Å². The lowest BCUT2D eigenvalue weighted by molar-refractivity contribution is 0.0662. The number of methoxy groups -OCH3 is 1. The summed E-state index contributed by atoms with van der Waals surface area (Å²) in [7, 11) is 1.63. The van der Waals surface area contributed by atoms with Crippen LogP contribution >= 0.6 is 0 Å². The zero-order valence-corrected chi connectivity index (χ0v) is 10.3. The monoisotopic (exact) mass is 236 g/mol. The molecule has 17 heavy (non-hydrogen) atoms. The van der Waals surface area contributed by atoms with Crippen molar-refractivity contribution in [3.63, 3.8) is 0 Å². The molecule has 0 aromatic carbocycles. The van der Waals surface area contributed by atoms with Crippen molar-refractivity contribution in [1.29, 1.82) is 0 Å². The minimum absolute atomic E-state index is 0.665. The molecule has 1 aromatic rings. The summed E-state index contributed by atoms with van der Waals surface area (Å²) in [5, 5.41) is 3.47. The predicted octanol–water partition coefficient (Wildman–Crippen LogP) is 1.61. The summed E-state index contributed by atoms with van der Waals surface area (Å²) in [6.45, 7) is 3.76. The van der Waals surface area contributed by atoms with Crippen molar-refractivity contribution < 1.29 is 9.47 Å². The highest BCUT2D eigenvalue weighted by molar-refractivity contribution is 5.17. The van der Waals surface area contributed by atoms with Crippen molar-refractivity contribution in [3.8, 4) is 5.88 Å². The Morgan fingerprint density at radius 3 is 2.88 bits per heavy atom. The van der Waals surface area contributed by atoms with Crippen molar-refractivity contribution in [2.75, 3.05) is 26.9 Å². The van der Waals surface area contributed by atoms with Crippen LogP contribution in [0.5, 0.6) is 5.88 Å². The van der Waals surface area contributed by atoms with Gasteiger partial charge in [-0.25, -0.2) is 4.98 Å². The standard InChI is InChI=1S/C13H20N2O2/c1-16-13-3-2-12(10-15-13)9-14-8-11-4-6-17-7-5-11/h2-3,10-11,14H,4-9H2,1H3. The average Bonchev–Trinajstić information content (AvgIpc) is 2.41. The van der Waals surface area contributed by atoms with E-state index in [0.29, 0.717) is 5.88 Å². The summed E-state index contributed by atoms with van der Waals surface area (Å²) in [5.41, 5.74) is 1.19. The Kier molecular flexibility index (Phi) is 4.76. The average molecular weight is 236 g/mol. The van der Waals surface area contributed by atoms with E-state index in [-0.39, 0.29) is 0 Å². The summed E-state index contributed by atoms with van der Waals surface area (Å²) in [6.07, 6.45) is 4.21. The van der Waals surface area contributed by atoms with Gasteiger partial charge in [-0.2, -0.15) is 0 Å². The molecule has 1 aromatic heterocycles. The minimum Gasteiger partial charge on any atom is -0.481 e. The topological polar surface area (TPSA) is 43.4 Å². The molecule has 4 heteroatoms. The number of hydrogen-bond acceptors (Lipinski definition) is 4. The first-order chi connectivity index (χ1) is 8.38. The van der Waals surface area contributed by atoms with Crippen LogP contribution < -0.4 is 10.1 Å². The quantitative estimate of drug-likeness (QED) is 0.843. The molecular weight excluding hydrogens is 216 g/mol. The Bertz CT molecular complexity index is 321. The molecule has 2 heterocycles. The maximum atomic E-state index is 5.34. The fraction of sp³-hybridized carbons (Fsp3) is 0.615. The van der Waals surface area contributed by atoms with E-state index in [0.717, 1.165) is 32.2 Å². The van der Waals surface area contributed by atoms with Gasteiger partial charge in [0, 0.05) is 32.0 Å². The molecule has 4 nitrogen and oxygen atoms in total. The van der Waals surface area contributed by atoms with Gasteiger partial charge >= 0.3 is 0 Å². The normalized spacial score (nSPS) is 17.0. The second-order valence-corrected chi connectivity index (χ2v) is 4.40. The van der Waals surface area contributed by atoms with E-state index >= 15 is 0 Å². The van der Waals surface area contributed by atoms with Gasteiger partial charge < -0.3 is 14.8 Å². The van der Waals surface area contributed by atoms with Crippen LogP contribution in [-0.2, 0) is 11.3 Å². The van der Waals surface area contributed by atoms with Gasteiger partial charge in [-0.15, -0.1) is 0 Å². The Hall–Kier alpha value is -1.13. The summed E-state index contributed by atoms with van der Waals surface area (Å²) in [6, 6.07) is 3.94. The van der Waals surface area contributed by atoms with Gasteiger partial charge in [0.15, 0.2) is 0 Å². The summed E-state index contributed by atoms with van der Waals surface area (Å²) in [5.74, 6) is 1.42. The van der Waals surface area contributed by atoms with E-state index in [9.17, 15) is 0 Å². The summed E-state index contributed by atoms with van der Waals surface area (Å²) < 4.78 is 10.4. The molecule has 1 aliphatic rings. The zero-order chi connectivity index (χ0) is 11.9. The van der Waals surface area contributed by atoms with Crippen molar-refractivity contribution >= 4 is 0 Å². The van der Waals surface area contributed by atoms with E-state index in [1.807, 2.05) is 18.3 Å². The van der Waals surface area contributed by atoms with Crippen LogP contribution in [-0.4, -0.2) is 31.9 Å². The van der Waals surface area contributed by atoms with Crippen LogP contribution in [0.25, 0.3) is 0 Å². The third-order valence-electron chi connectivity index (χ3n) is 3.11. The van der Waals surface area contributed by atoms with E-state index in [2.05, 4.69) is 10.3 Å². The smallest absolute Gasteiger partial charge is 0.212 e. The molecule has 1 aliphatic heterocycles. The van der Waals surface area contributed by atoms with E-state index in [4.69, 9.17) is 9.47 Å². The van der Waals surface area contributed by atoms with E-state index < -0.39 is 0 Å². The van der Waals surface area contributed by atoms with Gasteiger partial charge in [0.2, 0.25) is 5.88 Å². The number of ether oxygens (including phenoxy) is 2. The minimum atomic E-state index is 0.665. The fourth-order valence-electron chi connectivity index (χ4n) is 2.01. The molecule has 0 radical (unpaired) electrons. The molecule has 0 amide bonds. The first-order valence-electron chi connectivity index (χ1n) is 6.16. The first kappa shape index (κ1) is 12.3. The summed E-state index contributed by atoms with van der Waals surface area (Å²) >= 11 is 0. The molecule has 1 N–H and O–H groups in total. The van der Waals surface area contributed by atoms with Gasteiger partial charge in [0.1, 0.15) is 0 Å². The lowest BCUT2D eigenvalue weighted by Gasteiger charge is -2.22. The lowest BCUT2D eigenvalue weighted by atomic mass is 10.0. The van der Waals surface area contributed by atoms with Crippen molar-refractivity contribution in [2.24, 2.45) is 5.92 Å². The third kappa shape index (κ3) is 3.98. The van der Waals surface area contributed by atoms with Gasteiger partial charge in [-0.05, 0) is 30.9 Å². The van der Waals surface area contributed by atoms with Gasteiger partial charge in [-0.3, -0.25) is 0 Å². The van der Waals surface area contributed by atoms with Crippen LogP contribution in [0.2, 0.25) is 0 Å². The van der Waals surface area contributed by atoms with Crippen LogP contribution in [0.3, 0.4) is 0 Å². The number of pyridine rings is 1. The number of aromatic nitrogens is 1. The number of nitrogens with zero attached hydrogens (tertiary/aromatic N) is 1. The number of nitrogens with one attached hydrogen (secondary N) is 1. The Labute approximate surface area is 102 Å². The van der Waals surface area contributed by atoms with Gasteiger partial charge in [-0.1, -0.05) is 6.07 Å². The first-order valence-corrected chi connectivity index (χ1v) is 6.16. The van der Waals surface area contributed by atoms with Gasteiger partial charge in [0.25, 0.3) is 0 Å². The molecule has 0 aliphatic carbocycles. The van der Waals surface area contributed by atoms with E-state index in [1.165, 1.54) is 18.4 Å². The number of rotatable bonds is 5. The molecular formula is C13H20N2O2. The van der Waals surface area contributed by atoms with Crippen LogP contribution in [0, 0.1) is 5.92 Å². The van der Waals surface area contributed by atoms with Gasteiger partial charge in [0.05, 0.1) is 7.11 Å². The molecule has 94 valence electrons. The third-order valence-corrected chi connectivity index (χ3v) is 3.11. The second kappa shape index (κ2) is 6.57. The van der Waals surface area contributed by atoms with Crippen LogP contribution in [0.4, 0.5) is 0 Å². The molecule has 0 spiro atoms. The molecule has 0 unspecified atom stereocenters. The highest BCUT2D eigenvalue weighted by Crippen LogP contribution is 2.13. The highest BCUT2D eigenvalue weighted by Gasteiger charge is 2.12. The summed E-state index contributed by atoms with van der Waals surface area (Å²) in [4.78, 5) is 4.18. The molecule has 2 rings (SSSR count). The number of hydrogen-bond donors (Lipinski definition) is 1. The maximum Gasteiger partial charge on any atom is 0.212 e. The maximum absolute atomic E-state index is 5.34. The van der Waals surface area contributed by atoms with Crippen molar-refractivity contribution in [3.05, 3.63) is 23.9 Å². The fourth-order valence-corrected chi connectivity index (χ4v) is 2.01. The highest BCUT2D eigenvalue weighted by atomic mass is 16.5. The molecule has 1 saturated heterocycles. The Balaban J connectivity index is 1.69. The Morgan fingerprint density at radius 2 is 2.24 bits per heavy atom. The molecule has 1 fully saturated rings. The van der Waals surface area contributed by atoms with Crippen molar-refractivity contribution in [1.82, 2.24) is 10.3 Å². The second-order valence-electron chi connectivity index (χ2n) is 4.40. The van der Waals surface area contributed by atoms with Crippen LogP contribution in [0.1, 0.15) is 18.4 Å². The molecule has 0 bridgehead atoms. The van der Waals surface area contributed by atoms with Crippen molar-refractivity contribution in [2.45, 2.75) is 19.4 Å². The molecule has 0 saturated carbocycles. The van der Waals surface area contributed by atoms with Crippen LogP contribution in [0.15, 0.2) is 18.3 Å². The zero-order valence-electron chi connectivity index (χ0n) is 10.3. The Morgan fingerprint density at radius 1 is 1.41 bits per heavy atom.